The Balaban J connectivity index is 1.57. The van der Waals surface area contributed by atoms with Gasteiger partial charge in [-0.3, -0.25) is 9.59 Å². The van der Waals surface area contributed by atoms with E-state index in [1.165, 1.54) is 6.08 Å². The lowest BCUT2D eigenvalue weighted by Crippen LogP contribution is -2.35. The Morgan fingerprint density at radius 2 is 1.81 bits per heavy atom. The zero-order chi connectivity index (χ0) is 19.6. The highest BCUT2D eigenvalue weighted by Crippen LogP contribution is 2.32. The Morgan fingerprint density at radius 3 is 2.37 bits per heavy atom. The molecule has 1 aromatic carbocycles. The lowest BCUT2D eigenvalue weighted by Gasteiger charge is -2.21. The second kappa shape index (κ2) is 8.34. The van der Waals surface area contributed by atoms with Crippen molar-refractivity contribution in [2.75, 3.05) is 33.3 Å². The van der Waals surface area contributed by atoms with Crippen LogP contribution in [0.25, 0.3) is 0 Å². The van der Waals surface area contributed by atoms with Crippen molar-refractivity contribution >= 4 is 23.4 Å². The molecule has 0 bridgehead atoms. The fourth-order valence-corrected chi connectivity index (χ4v) is 4.50. The molecule has 3 rings (SSSR count). The van der Waals surface area contributed by atoms with E-state index in [1.807, 2.05) is 21.9 Å². The molecular formula is C21H27ClN2O3. The maximum atomic E-state index is 12.7. The van der Waals surface area contributed by atoms with Crippen molar-refractivity contribution in [1.82, 2.24) is 9.80 Å². The molecule has 2 amide bonds. The molecule has 2 fully saturated rings. The largest absolute Gasteiger partial charge is 0.496 e. The van der Waals surface area contributed by atoms with Gasteiger partial charge in [-0.15, -0.1) is 0 Å². The van der Waals surface area contributed by atoms with Gasteiger partial charge in [0.15, 0.2) is 0 Å². The Labute approximate surface area is 165 Å². The molecule has 5 nitrogen and oxygen atoms in total. The molecular weight excluding hydrogens is 364 g/mol. The molecule has 27 heavy (non-hydrogen) atoms. The van der Waals surface area contributed by atoms with E-state index in [1.54, 1.807) is 7.11 Å². The topological polar surface area (TPSA) is 49.9 Å². The van der Waals surface area contributed by atoms with Crippen molar-refractivity contribution in [2.24, 2.45) is 11.8 Å². The maximum absolute atomic E-state index is 12.7. The van der Waals surface area contributed by atoms with Crippen LogP contribution in [0.3, 0.4) is 0 Å². The van der Waals surface area contributed by atoms with Crippen LogP contribution >= 0.6 is 11.6 Å². The Hall–Kier alpha value is -2.01. The summed E-state index contributed by atoms with van der Waals surface area (Å²) in [7, 11) is 1.63. The van der Waals surface area contributed by atoms with Gasteiger partial charge in [-0.05, 0) is 36.1 Å². The molecule has 146 valence electrons. The smallest absolute Gasteiger partial charge is 0.245 e. The van der Waals surface area contributed by atoms with Crippen LogP contribution in [0.2, 0.25) is 5.02 Å². The molecule has 2 aliphatic heterocycles. The normalized spacial score (nSPS) is 21.3. The molecule has 6 heteroatoms. The molecule has 2 saturated heterocycles. The van der Waals surface area contributed by atoms with Gasteiger partial charge in [0.2, 0.25) is 11.8 Å². The summed E-state index contributed by atoms with van der Waals surface area (Å²) in [6.07, 6.45) is 3.31. The SMILES string of the molecule is C=CC(=O)N1CC2CN(C(=O)CCc3cc(CC)c(Cl)cc3OC)CC2C1. The van der Waals surface area contributed by atoms with Gasteiger partial charge in [-0.25, -0.2) is 0 Å². The van der Waals surface area contributed by atoms with E-state index < -0.39 is 0 Å². The van der Waals surface area contributed by atoms with Crippen molar-refractivity contribution in [3.8, 4) is 5.75 Å². The van der Waals surface area contributed by atoms with Gasteiger partial charge in [0.1, 0.15) is 5.75 Å². The quantitative estimate of drug-likeness (QED) is 0.702. The number of rotatable bonds is 6. The summed E-state index contributed by atoms with van der Waals surface area (Å²) < 4.78 is 5.43. The van der Waals surface area contributed by atoms with Gasteiger partial charge in [0.05, 0.1) is 7.11 Å². The van der Waals surface area contributed by atoms with Crippen molar-refractivity contribution in [3.63, 3.8) is 0 Å². The average Bonchev–Trinajstić information content (AvgIpc) is 3.25. The van der Waals surface area contributed by atoms with Crippen LogP contribution in [-0.4, -0.2) is 54.9 Å². The van der Waals surface area contributed by atoms with E-state index in [4.69, 9.17) is 16.3 Å². The highest BCUT2D eigenvalue weighted by atomic mass is 35.5. The zero-order valence-corrected chi connectivity index (χ0v) is 16.8. The van der Waals surface area contributed by atoms with E-state index in [0.29, 0.717) is 29.7 Å². The monoisotopic (exact) mass is 390 g/mol. The maximum Gasteiger partial charge on any atom is 0.245 e. The molecule has 2 aliphatic rings. The number of amides is 2. The second-order valence-electron chi connectivity index (χ2n) is 7.38. The number of hydrogen-bond donors (Lipinski definition) is 0. The molecule has 0 saturated carbocycles. The first kappa shape index (κ1) is 19.7. The summed E-state index contributed by atoms with van der Waals surface area (Å²) >= 11 is 6.26. The van der Waals surface area contributed by atoms with Gasteiger partial charge in [-0.1, -0.05) is 31.2 Å². The Bertz CT molecular complexity index is 735. The lowest BCUT2D eigenvalue weighted by molar-refractivity contribution is -0.130. The summed E-state index contributed by atoms with van der Waals surface area (Å²) in [6.45, 7) is 8.54. The first-order valence-electron chi connectivity index (χ1n) is 9.51. The molecule has 0 spiro atoms. The molecule has 2 unspecified atom stereocenters. The number of methoxy groups -OCH3 is 1. The van der Waals surface area contributed by atoms with Crippen molar-refractivity contribution in [2.45, 2.75) is 26.2 Å². The van der Waals surface area contributed by atoms with Crippen LogP contribution in [0.1, 0.15) is 24.5 Å². The summed E-state index contributed by atoms with van der Waals surface area (Å²) in [5, 5.41) is 0.704. The second-order valence-corrected chi connectivity index (χ2v) is 7.78. The Kier molecular flexibility index (Phi) is 6.10. The van der Waals surface area contributed by atoms with E-state index in [2.05, 4.69) is 13.5 Å². The van der Waals surface area contributed by atoms with Gasteiger partial charge >= 0.3 is 0 Å². The number of carbonyl (C=O) groups is 2. The summed E-state index contributed by atoms with van der Waals surface area (Å²) in [5.74, 6) is 1.66. The summed E-state index contributed by atoms with van der Waals surface area (Å²) in [6, 6.07) is 3.89. The number of halogens is 1. The number of ether oxygens (including phenoxy) is 1. The third kappa shape index (κ3) is 4.13. The van der Waals surface area contributed by atoms with Crippen molar-refractivity contribution < 1.29 is 14.3 Å². The minimum absolute atomic E-state index is 0.0103. The molecule has 0 aromatic heterocycles. The standard InChI is InChI=1S/C21H27ClN2O3/c1-4-14-8-15(19(27-3)9-18(14)22)6-7-21(26)24-12-16-10-23(20(25)5-2)11-17(16)13-24/h5,8-9,16-17H,2,4,6-7,10-13H2,1,3H3. The van der Waals surface area contributed by atoms with Gasteiger partial charge < -0.3 is 14.5 Å². The van der Waals surface area contributed by atoms with E-state index in [0.717, 1.165) is 49.5 Å². The van der Waals surface area contributed by atoms with Gasteiger partial charge in [0, 0.05) is 49.5 Å². The van der Waals surface area contributed by atoms with E-state index in [9.17, 15) is 9.59 Å². The number of benzene rings is 1. The third-order valence-electron chi connectivity index (χ3n) is 5.76. The van der Waals surface area contributed by atoms with Crippen LogP contribution in [0.4, 0.5) is 0 Å². The summed E-state index contributed by atoms with van der Waals surface area (Å²) in [5.41, 5.74) is 2.09. The molecule has 2 heterocycles. The number of carbonyl (C=O) groups excluding carboxylic acids is 2. The zero-order valence-electron chi connectivity index (χ0n) is 16.0. The Morgan fingerprint density at radius 1 is 1.19 bits per heavy atom. The van der Waals surface area contributed by atoms with Gasteiger partial charge in [0.25, 0.3) is 0 Å². The highest BCUT2D eigenvalue weighted by Gasteiger charge is 2.42. The predicted octanol–water partition coefficient (Wildman–Crippen LogP) is 2.95. The summed E-state index contributed by atoms with van der Waals surface area (Å²) in [4.78, 5) is 28.3. The number of likely N-dealkylation sites (tertiary alicyclic amines) is 2. The number of fused-ring (bicyclic) bond motifs is 1. The van der Waals surface area contributed by atoms with E-state index in [-0.39, 0.29) is 11.8 Å². The first-order valence-corrected chi connectivity index (χ1v) is 9.89. The highest BCUT2D eigenvalue weighted by molar-refractivity contribution is 6.31. The third-order valence-corrected chi connectivity index (χ3v) is 6.12. The minimum atomic E-state index is -0.0103. The fourth-order valence-electron chi connectivity index (χ4n) is 4.21. The fraction of sp³-hybridized carbons (Fsp3) is 0.524. The molecule has 0 radical (unpaired) electrons. The minimum Gasteiger partial charge on any atom is -0.496 e. The number of hydrogen-bond acceptors (Lipinski definition) is 3. The average molecular weight is 391 g/mol. The van der Waals surface area contributed by atoms with E-state index >= 15 is 0 Å². The predicted molar refractivity (Wildman–Crippen MR) is 106 cm³/mol. The number of aryl methyl sites for hydroxylation is 2. The van der Waals surface area contributed by atoms with Crippen molar-refractivity contribution in [1.29, 1.82) is 0 Å². The first-order chi connectivity index (χ1) is 13.0. The van der Waals surface area contributed by atoms with Crippen LogP contribution in [0.15, 0.2) is 24.8 Å². The molecule has 1 aromatic rings. The van der Waals surface area contributed by atoms with Crippen LogP contribution in [0, 0.1) is 11.8 Å². The van der Waals surface area contributed by atoms with Crippen molar-refractivity contribution in [3.05, 3.63) is 40.9 Å². The molecule has 2 atom stereocenters. The number of nitrogens with zero attached hydrogens (tertiary/aromatic N) is 2. The lowest BCUT2D eigenvalue weighted by atomic mass is 10.0. The molecule has 0 N–H and O–H groups in total. The van der Waals surface area contributed by atoms with Crippen LogP contribution in [0.5, 0.6) is 5.75 Å². The van der Waals surface area contributed by atoms with Gasteiger partial charge in [-0.2, -0.15) is 0 Å². The molecule has 0 aliphatic carbocycles. The van der Waals surface area contributed by atoms with Crippen LogP contribution < -0.4 is 4.74 Å². The van der Waals surface area contributed by atoms with Crippen LogP contribution in [-0.2, 0) is 22.4 Å².